The van der Waals surface area contributed by atoms with Gasteiger partial charge >= 0.3 is 0 Å². The molecule has 0 saturated heterocycles. The maximum Gasteiger partial charge on any atom is 0.164 e. The van der Waals surface area contributed by atoms with Crippen LogP contribution in [-0.2, 0) is 0 Å². The van der Waals surface area contributed by atoms with Crippen LogP contribution in [0, 0.1) is 0 Å². The van der Waals surface area contributed by atoms with Gasteiger partial charge in [0.1, 0.15) is 5.58 Å². The van der Waals surface area contributed by atoms with Gasteiger partial charge in [0.05, 0.1) is 17.4 Å². The molecule has 0 bridgehead atoms. The van der Waals surface area contributed by atoms with Crippen LogP contribution in [-0.4, -0.2) is 24.9 Å². The Hall–Kier alpha value is -8.09. The number of pyridine rings is 2. The first-order chi connectivity index (χ1) is 29.2. The largest absolute Gasteiger partial charge is 0.454 e. The van der Waals surface area contributed by atoms with Crippen LogP contribution in [0.15, 0.2) is 205 Å². The summed E-state index contributed by atoms with van der Waals surface area (Å²) >= 11 is 0. The molecular weight excluding hydrogens is 723 g/mol. The summed E-state index contributed by atoms with van der Waals surface area (Å²) in [6.07, 6.45) is 3.72. The van der Waals surface area contributed by atoms with Gasteiger partial charge in [-0.1, -0.05) is 158 Å². The van der Waals surface area contributed by atoms with Crippen LogP contribution in [0.25, 0.3) is 112 Å². The monoisotopic (exact) mass is 755 g/mol. The van der Waals surface area contributed by atoms with Gasteiger partial charge in [-0.05, 0) is 63.7 Å². The van der Waals surface area contributed by atoms with E-state index >= 15 is 0 Å². The zero-order valence-electron chi connectivity index (χ0n) is 31.7. The van der Waals surface area contributed by atoms with Gasteiger partial charge in [-0.2, -0.15) is 0 Å². The average molecular weight is 756 g/mol. The van der Waals surface area contributed by atoms with Crippen LogP contribution in [0.3, 0.4) is 0 Å². The second-order valence-corrected chi connectivity index (χ2v) is 14.5. The zero-order valence-corrected chi connectivity index (χ0v) is 31.7. The lowest BCUT2D eigenvalue weighted by Crippen LogP contribution is -2.00. The Labute approximate surface area is 340 Å². The summed E-state index contributed by atoms with van der Waals surface area (Å²) in [5.41, 5.74) is 13.9. The summed E-state index contributed by atoms with van der Waals surface area (Å²) in [6, 6.07) is 64.6. The summed E-state index contributed by atoms with van der Waals surface area (Å²) in [5.74, 6) is 1.89. The Balaban J connectivity index is 0.897. The minimum atomic E-state index is 0.623. The van der Waals surface area contributed by atoms with Gasteiger partial charge in [0.2, 0.25) is 0 Å². The number of rotatable bonds is 7. The van der Waals surface area contributed by atoms with Crippen LogP contribution >= 0.6 is 0 Å². The normalized spacial score (nSPS) is 11.4. The van der Waals surface area contributed by atoms with E-state index in [1.54, 1.807) is 0 Å². The minimum absolute atomic E-state index is 0.623. The van der Waals surface area contributed by atoms with Gasteiger partial charge in [-0.25, -0.2) is 15.0 Å². The summed E-state index contributed by atoms with van der Waals surface area (Å²) in [7, 11) is 0. The molecule has 0 aliphatic heterocycles. The lowest BCUT2D eigenvalue weighted by atomic mass is 9.96. The van der Waals surface area contributed by atoms with Crippen molar-refractivity contribution in [3.05, 3.63) is 200 Å². The Morgan fingerprint density at radius 2 is 0.763 bits per heavy atom. The van der Waals surface area contributed by atoms with Crippen molar-refractivity contribution in [3.63, 3.8) is 0 Å². The average Bonchev–Trinajstić information content (AvgIpc) is 3.71. The van der Waals surface area contributed by atoms with Crippen LogP contribution in [0.1, 0.15) is 0 Å². The number of benzene rings is 7. The fourth-order valence-electron chi connectivity index (χ4n) is 7.76. The third kappa shape index (κ3) is 6.49. The molecule has 6 nitrogen and oxygen atoms in total. The van der Waals surface area contributed by atoms with Crippen molar-refractivity contribution in [2.75, 3.05) is 0 Å². The van der Waals surface area contributed by atoms with Gasteiger partial charge in [-0.15, -0.1) is 0 Å². The highest BCUT2D eigenvalue weighted by atomic mass is 16.3. The maximum atomic E-state index is 6.29. The molecule has 4 heterocycles. The number of hydrogen-bond donors (Lipinski definition) is 0. The standard InChI is InChI=1S/C53H33N5O/c1-3-11-34(12-4-1)35-21-25-38(26-22-35)52-56-51(37-13-5-2-6-14-37)57-53(58-52)39-27-23-36(24-28-39)40-15-9-16-41(29-40)42-17-10-18-43(30-42)48-31-45-46-32-54-47-20-8-7-19-44(47)50(46)59-49(45)33-55-48/h1-33H. The molecule has 0 unspecified atom stereocenters. The molecule has 0 aliphatic carbocycles. The topological polar surface area (TPSA) is 77.6 Å². The van der Waals surface area contributed by atoms with Gasteiger partial charge < -0.3 is 4.42 Å². The summed E-state index contributed by atoms with van der Waals surface area (Å²) < 4.78 is 6.29. The maximum absolute atomic E-state index is 6.29. The molecule has 11 rings (SSSR count). The number of para-hydroxylation sites is 1. The molecule has 0 atom stereocenters. The van der Waals surface area contributed by atoms with Gasteiger partial charge in [0, 0.05) is 44.6 Å². The Morgan fingerprint density at radius 1 is 0.305 bits per heavy atom. The Morgan fingerprint density at radius 3 is 1.41 bits per heavy atom. The molecule has 276 valence electrons. The quantitative estimate of drug-likeness (QED) is 0.161. The van der Waals surface area contributed by atoms with E-state index in [9.17, 15) is 0 Å². The molecule has 59 heavy (non-hydrogen) atoms. The molecule has 4 aromatic heterocycles. The van der Waals surface area contributed by atoms with Crippen molar-refractivity contribution >= 4 is 32.8 Å². The lowest BCUT2D eigenvalue weighted by molar-refractivity contribution is 0.670. The molecule has 0 saturated carbocycles. The van der Waals surface area contributed by atoms with E-state index in [-0.39, 0.29) is 0 Å². The minimum Gasteiger partial charge on any atom is -0.454 e. The highest BCUT2D eigenvalue weighted by Gasteiger charge is 2.15. The summed E-state index contributed by atoms with van der Waals surface area (Å²) in [4.78, 5) is 24.4. The fraction of sp³-hybridized carbons (Fsp3) is 0. The van der Waals surface area contributed by atoms with Crippen molar-refractivity contribution in [3.8, 4) is 78.8 Å². The fourth-order valence-corrected chi connectivity index (χ4v) is 7.76. The third-order valence-corrected chi connectivity index (χ3v) is 10.8. The first kappa shape index (κ1) is 34.2. The van der Waals surface area contributed by atoms with Crippen molar-refractivity contribution in [2.45, 2.75) is 0 Å². The number of nitrogens with zero attached hydrogens (tertiary/aromatic N) is 5. The van der Waals surface area contributed by atoms with Gasteiger partial charge in [-0.3, -0.25) is 9.97 Å². The number of furan rings is 1. The van der Waals surface area contributed by atoms with E-state index in [1.165, 1.54) is 5.56 Å². The molecule has 0 aliphatic rings. The van der Waals surface area contributed by atoms with E-state index in [4.69, 9.17) is 29.3 Å². The van der Waals surface area contributed by atoms with E-state index < -0.39 is 0 Å². The van der Waals surface area contributed by atoms with E-state index in [0.717, 1.165) is 88.6 Å². The second kappa shape index (κ2) is 14.4. The second-order valence-electron chi connectivity index (χ2n) is 14.5. The van der Waals surface area contributed by atoms with Crippen LogP contribution in [0.2, 0.25) is 0 Å². The Bertz CT molecular complexity index is 3310. The highest BCUT2D eigenvalue weighted by Crippen LogP contribution is 2.36. The lowest BCUT2D eigenvalue weighted by Gasteiger charge is -2.10. The van der Waals surface area contributed by atoms with Gasteiger partial charge in [0.25, 0.3) is 0 Å². The van der Waals surface area contributed by atoms with E-state index in [0.29, 0.717) is 17.5 Å². The Kier molecular flexibility index (Phi) is 8.37. The molecule has 0 fully saturated rings. The van der Waals surface area contributed by atoms with Crippen molar-refractivity contribution in [2.24, 2.45) is 0 Å². The molecule has 0 N–H and O–H groups in total. The smallest absolute Gasteiger partial charge is 0.164 e. The molecule has 0 radical (unpaired) electrons. The van der Waals surface area contributed by atoms with Crippen LogP contribution in [0.5, 0.6) is 0 Å². The molecule has 7 aromatic carbocycles. The van der Waals surface area contributed by atoms with Crippen molar-refractivity contribution in [1.82, 2.24) is 24.9 Å². The molecule has 6 heteroatoms. The predicted octanol–water partition coefficient (Wildman–Crippen LogP) is 13.4. The third-order valence-electron chi connectivity index (χ3n) is 10.8. The molecule has 11 aromatic rings. The summed E-state index contributed by atoms with van der Waals surface area (Å²) in [5, 5.41) is 2.98. The highest BCUT2D eigenvalue weighted by molar-refractivity contribution is 6.14. The molecule has 0 spiro atoms. The SMILES string of the molecule is c1ccc(-c2ccc(-c3nc(-c4ccccc4)nc(-c4ccc(-c5cccc(-c6cccc(-c7cc8c(cn7)oc7c9ccccc9ncc87)c6)c5)cc4)n3)cc2)cc1. The zero-order chi connectivity index (χ0) is 39.1. The van der Waals surface area contributed by atoms with Crippen molar-refractivity contribution in [1.29, 1.82) is 0 Å². The first-order valence-corrected chi connectivity index (χ1v) is 19.6. The summed E-state index contributed by atoms with van der Waals surface area (Å²) in [6.45, 7) is 0. The first-order valence-electron chi connectivity index (χ1n) is 19.6. The van der Waals surface area contributed by atoms with Gasteiger partial charge in [0.15, 0.2) is 23.1 Å². The number of aromatic nitrogens is 5. The van der Waals surface area contributed by atoms with Crippen LogP contribution < -0.4 is 0 Å². The molecular formula is C53H33N5O. The van der Waals surface area contributed by atoms with Crippen LogP contribution in [0.4, 0.5) is 0 Å². The van der Waals surface area contributed by atoms with E-state index in [2.05, 4.69) is 127 Å². The number of hydrogen-bond acceptors (Lipinski definition) is 6. The molecule has 0 amide bonds. The van der Waals surface area contributed by atoms with Crippen molar-refractivity contribution < 1.29 is 4.42 Å². The van der Waals surface area contributed by atoms with E-state index in [1.807, 2.05) is 73.1 Å². The number of fused-ring (bicyclic) bond motifs is 5. The predicted molar refractivity (Wildman–Crippen MR) is 238 cm³/mol.